The van der Waals surface area contributed by atoms with Gasteiger partial charge in [-0.05, 0) is 42.2 Å². The minimum absolute atomic E-state index is 0.127. The molecule has 0 saturated carbocycles. The molecule has 2 aromatic heterocycles. The predicted octanol–water partition coefficient (Wildman–Crippen LogP) is 4.60. The lowest BCUT2D eigenvalue weighted by Gasteiger charge is -2.13. The first kappa shape index (κ1) is 22.1. The Morgan fingerprint density at radius 2 is 1.88 bits per heavy atom. The highest BCUT2D eigenvalue weighted by Gasteiger charge is 2.15. The van der Waals surface area contributed by atoms with Crippen LogP contribution in [0.25, 0.3) is 10.9 Å². The van der Waals surface area contributed by atoms with Crippen LogP contribution in [0.5, 0.6) is 5.75 Å². The fraction of sp³-hybridized carbons (Fsp3) is 0.333. The molecule has 0 atom stereocenters. The molecule has 0 aliphatic heterocycles. The van der Waals surface area contributed by atoms with E-state index in [4.69, 9.17) is 4.74 Å². The van der Waals surface area contributed by atoms with Crippen LogP contribution >= 0.6 is 11.8 Å². The molecule has 8 heteroatoms. The van der Waals surface area contributed by atoms with Gasteiger partial charge in [-0.15, -0.1) is 10.2 Å². The van der Waals surface area contributed by atoms with Crippen LogP contribution in [-0.2, 0) is 25.3 Å². The number of hydrogen-bond donors (Lipinski definition) is 1. The fourth-order valence-electron chi connectivity index (χ4n) is 3.39. The summed E-state index contributed by atoms with van der Waals surface area (Å²) in [6.45, 7) is 7.57. The first-order chi connectivity index (χ1) is 15.5. The van der Waals surface area contributed by atoms with E-state index < -0.39 is 0 Å². The number of nitrogens with one attached hydrogen (secondary N) is 1. The molecule has 1 N–H and O–H groups in total. The number of ether oxygens (including phenoxy) is 1. The second-order valence-electron chi connectivity index (χ2n) is 8.01. The maximum atomic E-state index is 12.3. The van der Waals surface area contributed by atoms with E-state index in [2.05, 4.69) is 57.6 Å². The molecule has 2 aromatic carbocycles. The number of para-hydroxylation sites is 1. The molecule has 32 heavy (non-hydrogen) atoms. The third-order valence-corrected chi connectivity index (χ3v) is 6.02. The molecule has 166 valence electrons. The van der Waals surface area contributed by atoms with E-state index in [1.54, 1.807) is 6.07 Å². The molecule has 0 saturated heterocycles. The second-order valence-corrected chi connectivity index (χ2v) is 8.95. The van der Waals surface area contributed by atoms with Gasteiger partial charge in [-0.2, -0.15) is 0 Å². The summed E-state index contributed by atoms with van der Waals surface area (Å²) in [7, 11) is 0. The molecule has 0 spiro atoms. The van der Waals surface area contributed by atoms with Gasteiger partial charge in [0, 0.05) is 6.54 Å². The van der Waals surface area contributed by atoms with Gasteiger partial charge in [0.2, 0.25) is 0 Å². The van der Waals surface area contributed by atoms with Gasteiger partial charge < -0.3 is 14.3 Å². The number of aromatic nitrogens is 5. The van der Waals surface area contributed by atoms with E-state index in [0.717, 1.165) is 29.7 Å². The van der Waals surface area contributed by atoms with Crippen LogP contribution in [0.1, 0.15) is 38.0 Å². The van der Waals surface area contributed by atoms with Gasteiger partial charge in [0.25, 0.3) is 5.56 Å². The molecule has 0 amide bonds. The van der Waals surface area contributed by atoms with Gasteiger partial charge in [0.05, 0.1) is 16.7 Å². The molecule has 0 aliphatic rings. The molecule has 7 nitrogen and oxygen atoms in total. The molecule has 0 unspecified atom stereocenters. The predicted molar refractivity (Wildman–Crippen MR) is 127 cm³/mol. The lowest BCUT2D eigenvalue weighted by molar-refractivity contribution is 0.284. The second kappa shape index (κ2) is 9.99. The van der Waals surface area contributed by atoms with Crippen LogP contribution in [0, 0.1) is 5.92 Å². The van der Waals surface area contributed by atoms with Gasteiger partial charge in [-0.1, -0.05) is 56.8 Å². The summed E-state index contributed by atoms with van der Waals surface area (Å²) in [6, 6.07) is 15.5. The molecule has 0 radical (unpaired) electrons. The van der Waals surface area contributed by atoms with Gasteiger partial charge in [-0.3, -0.25) is 4.79 Å². The topological polar surface area (TPSA) is 85.7 Å². The maximum absolute atomic E-state index is 12.3. The Balaban J connectivity index is 1.49. The van der Waals surface area contributed by atoms with Crippen LogP contribution < -0.4 is 10.3 Å². The molecular weight excluding hydrogens is 422 g/mol. The molecule has 4 aromatic rings. The van der Waals surface area contributed by atoms with E-state index in [-0.39, 0.29) is 5.56 Å². The van der Waals surface area contributed by atoms with Crippen molar-refractivity contribution in [1.82, 2.24) is 24.7 Å². The largest absolute Gasteiger partial charge is 0.486 e. The van der Waals surface area contributed by atoms with Crippen molar-refractivity contribution in [3.05, 3.63) is 76.1 Å². The molecule has 0 aliphatic carbocycles. The third kappa shape index (κ3) is 5.19. The zero-order valence-corrected chi connectivity index (χ0v) is 19.4. The zero-order valence-electron chi connectivity index (χ0n) is 18.5. The Kier molecular flexibility index (Phi) is 6.90. The summed E-state index contributed by atoms with van der Waals surface area (Å²) < 4.78 is 8.05. The van der Waals surface area contributed by atoms with Crippen molar-refractivity contribution in [2.45, 2.75) is 51.3 Å². The van der Waals surface area contributed by atoms with Gasteiger partial charge in [0.15, 0.2) is 11.0 Å². The summed E-state index contributed by atoms with van der Waals surface area (Å²) >= 11 is 1.51. The molecule has 0 bridgehead atoms. The normalized spacial score (nSPS) is 11.4. The Hall–Kier alpha value is -3.13. The van der Waals surface area contributed by atoms with Crippen LogP contribution in [0.2, 0.25) is 0 Å². The smallest absolute Gasteiger partial charge is 0.258 e. The summed E-state index contributed by atoms with van der Waals surface area (Å²) in [5.41, 5.74) is 1.84. The van der Waals surface area contributed by atoms with Gasteiger partial charge in [-0.25, -0.2) is 4.98 Å². The number of rotatable bonds is 9. The first-order valence-corrected chi connectivity index (χ1v) is 11.8. The number of aromatic amines is 1. The summed E-state index contributed by atoms with van der Waals surface area (Å²) in [5, 5.41) is 10.1. The van der Waals surface area contributed by atoms with Crippen molar-refractivity contribution in [2.75, 3.05) is 0 Å². The van der Waals surface area contributed by atoms with Crippen molar-refractivity contribution >= 4 is 22.7 Å². The van der Waals surface area contributed by atoms with Crippen LogP contribution in [0.3, 0.4) is 0 Å². The zero-order chi connectivity index (χ0) is 22.5. The van der Waals surface area contributed by atoms with Crippen molar-refractivity contribution in [3.63, 3.8) is 0 Å². The summed E-state index contributed by atoms with van der Waals surface area (Å²) in [6.07, 6.45) is 1.00. The van der Waals surface area contributed by atoms with Gasteiger partial charge >= 0.3 is 0 Å². The van der Waals surface area contributed by atoms with E-state index >= 15 is 0 Å². The highest BCUT2D eigenvalue weighted by Crippen LogP contribution is 2.23. The van der Waals surface area contributed by atoms with E-state index in [1.165, 1.54) is 17.3 Å². The monoisotopic (exact) mass is 449 g/mol. The van der Waals surface area contributed by atoms with Crippen LogP contribution in [0.4, 0.5) is 0 Å². The number of hydrogen-bond acceptors (Lipinski definition) is 6. The van der Waals surface area contributed by atoms with Crippen LogP contribution in [-0.4, -0.2) is 24.7 Å². The number of H-pyrrole nitrogens is 1. The lowest BCUT2D eigenvalue weighted by Crippen LogP contribution is -2.13. The summed E-state index contributed by atoms with van der Waals surface area (Å²) in [5.74, 6) is 3.13. The average molecular weight is 450 g/mol. The number of aryl methyl sites for hydroxylation is 1. The fourth-order valence-corrected chi connectivity index (χ4v) is 4.22. The molecule has 0 fully saturated rings. The number of thioether (sulfide) groups is 1. The average Bonchev–Trinajstić information content (AvgIpc) is 3.17. The Morgan fingerprint density at radius 1 is 1.09 bits per heavy atom. The molecule has 4 rings (SSSR count). The standard InChI is InChI=1S/C24H27N5O2S/c1-4-17-9-11-18(12-10-17)31-14-22-27-28-24(29(22)13-16(2)3)32-15-21-25-20-8-6-5-7-19(20)23(30)26-21/h5-12,16H,4,13-15H2,1-3H3,(H,25,26,30). The minimum Gasteiger partial charge on any atom is -0.486 e. The SMILES string of the molecule is CCc1ccc(OCc2nnc(SCc3nc4ccccc4c(=O)[nH]3)n2CC(C)C)cc1. The highest BCUT2D eigenvalue weighted by atomic mass is 32.2. The van der Waals surface area contributed by atoms with Crippen molar-refractivity contribution < 1.29 is 4.74 Å². The Bertz CT molecular complexity index is 1250. The quantitative estimate of drug-likeness (QED) is 0.376. The summed E-state index contributed by atoms with van der Waals surface area (Å²) in [4.78, 5) is 19.8. The van der Waals surface area contributed by atoms with Crippen molar-refractivity contribution in [2.24, 2.45) is 5.92 Å². The third-order valence-electron chi connectivity index (χ3n) is 5.04. The Morgan fingerprint density at radius 3 is 2.62 bits per heavy atom. The molecule has 2 heterocycles. The van der Waals surface area contributed by atoms with Crippen molar-refractivity contribution in [3.8, 4) is 5.75 Å². The van der Waals surface area contributed by atoms with E-state index in [1.807, 2.05) is 30.3 Å². The minimum atomic E-state index is -0.127. The Labute approximate surface area is 191 Å². The number of benzene rings is 2. The van der Waals surface area contributed by atoms with Gasteiger partial charge in [0.1, 0.15) is 18.2 Å². The van der Waals surface area contributed by atoms with Crippen LogP contribution in [0.15, 0.2) is 58.5 Å². The van der Waals surface area contributed by atoms with E-state index in [0.29, 0.717) is 35.0 Å². The van der Waals surface area contributed by atoms with Crippen molar-refractivity contribution in [1.29, 1.82) is 0 Å². The first-order valence-electron chi connectivity index (χ1n) is 10.8. The lowest BCUT2D eigenvalue weighted by atomic mass is 10.2. The number of fused-ring (bicyclic) bond motifs is 1. The highest BCUT2D eigenvalue weighted by molar-refractivity contribution is 7.98. The number of nitrogens with zero attached hydrogens (tertiary/aromatic N) is 4. The van der Waals surface area contributed by atoms with E-state index in [9.17, 15) is 4.79 Å². The maximum Gasteiger partial charge on any atom is 0.258 e. The molecular formula is C24H27N5O2S.